The molecule has 1 aliphatic rings. The van der Waals surface area contributed by atoms with E-state index in [2.05, 4.69) is 62.2 Å². The summed E-state index contributed by atoms with van der Waals surface area (Å²) >= 11 is 0. The topological polar surface area (TPSA) is 15.3 Å². The Morgan fingerprint density at radius 2 is 1.90 bits per heavy atom. The number of benzene rings is 1. The standard InChI is InChI=1S/C19H32N2/c1-5-21-12-6-7-19(14-21)16(4)20-13-17-8-10-18(11-9-17)15(2)3/h8-11,15-16,19-20H,5-7,12-14H2,1-4H3. The summed E-state index contributed by atoms with van der Waals surface area (Å²) < 4.78 is 0. The van der Waals surface area contributed by atoms with E-state index < -0.39 is 0 Å². The molecule has 0 aliphatic carbocycles. The zero-order valence-corrected chi connectivity index (χ0v) is 14.2. The lowest BCUT2D eigenvalue weighted by molar-refractivity contribution is 0.157. The predicted molar refractivity (Wildman–Crippen MR) is 91.7 cm³/mol. The van der Waals surface area contributed by atoms with Gasteiger partial charge < -0.3 is 10.2 Å². The second-order valence-electron chi connectivity index (χ2n) is 6.86. The fourth-order valence-electron chi connectivity index (χ4n) is 3.25. The first-order valence-corrected chi connectivity index (χ1v) is 8.64. The summed E-state index contributed by atoms with van der Waals surface area (Å²) in [4.78, 5) is 2.59. The molecular weight excluding hydrogens is 256 g/mol. The fourth-order valence-corrected chi connectivity index (χ4v) is 3.25. The molecule has 1 aromatic rings. The van der Waals surface area contributed by atoms with Gasteiger partial charge in [-0.2, -0.15) is 0 Å². The first-order valence-electron chi connectivity index (χ1n) is 8.64. The lowest BCUT2D eigenvalue weighted by Gasteiger charge is -2.35. The molecule has 0 radical (unpaired) electrons. The van der Waals surface area contributed by atoms with Gasteiger partial charge in [0.1, 0.15) is 0 Å². The highest BCUT2D eigenvalue weighted by Gasteiger charge is 2.23. The molecule has 118 valence electrons. The van der Waals surface area contributed by atoms with Crippen molar-refractivity contribution in [1.82, 2.24) is 10.2 Å². The minimum Gasteiger partial charge on any atom is -0.310 e. The minimum atomic E-state index is 0.601. The van der Waals surface area contributed by atoms with Gasteiger partial charge in [-0.3, -0.25) is 0 Å². The van der Waals surface area contributed by atoms with Crippen molar-refractivity contribution in [2.24, 2.45) is 5.92 Å². The molecule has 21 heavy (non-hydrogen) atoms. The highest BCUT2D eigenvalue weighted by atomic mass is 15.1. The maximum Gasteiger partial charge on any atom is 0.0208 e. The molecule has 1 fully saturated rings. The van der Waals surface area contributed by atoms with Gasteiger partial charge in [0, 0.05) is 19.1 Å². The molecule has 1 saturated heterocycles. The van der Waals surface area contributed by atoms with Gasteiger partial charge in [0.05, 0.1) is 0 Å². The first kappa shape index (κ1) is 16.5. The van der Waals surface area contributed by atoms with E-state index in [1.54, 1.807) is 0 Å². The Bertz CT molecular complexity index is 410. The number of likely N-dealkylation sites (tertiary alicyclic amines) is 1. The molecule has 1 aromatic carbocycles. The average Bonchev–Trinajstić information content (AvgIpc) is 2.53. The normalized spacial score (nSPS) is 21.7. The van der Waals surface area contributed by atoms with E-state index >= 15 is 0 Å². The third-order valence-electron chi connectivity index (χ3n) is 4.97. The Morgan fingerprint density at radius 3 is 2.52 bits per heavy atom. The van der Waals surface area contributed by atoms with Crippen LogP contribution >= 0.6 is 0 Å². The second kappa shape index (κ2) is 7.95. The van der Waals surface area contributed by atoms with E-state index in [0.29, 0.717) is 12.0 Å². The molecule has 2 rings (SSSR count). The van der Waals surface area contributed by atoms with Crippen LogP contribution in [0.25, 0.3) is 0 Å². The minimum absolute atomic E-state index is 0.601. The molecular formula is C19H32N2. The summed E-state index contributed by atoms with van der Waals surface area (Å²) in [5.74, 6) is 1.42. The number of rotatable bonds is 6. The largest absolute Gasteiger partial charge is 0.310 e. The van der Waals surface area contributed by atoms with E-state index in [1.807, 2.05) is 0 Å². The van der Waals surface area contributed by atoms with Crippen LogP contribution in [0.5, 0.6) is 0 Å². The van der Waals surface area contributed by atoms with E-state index in [-0.39, 0.29) is 0 Å². The van der Waals surface area contributed by atoms with Gasteiger partial charge in [-0.25, -0.2) is 0 Å². The van der Waals surface area contributed by atoms with Crippen molar-refractivity contribution < 1.29 is 0 Å². The third kappa shape index (κ3) is 4.82. The molecule has 1 N–H and O–H groups in total. The third-order valence-corrected chi connectivity index (χ3v) is 4.97. The zero-order valence-electron chi connectivity index (χ0n) is 14.2. The Labute approximate surface area is 130 Å². The van der Waals surface area contributed by atoms with Crippen molar-refractivity contribution in [3.63, 3.8) is 0 Å². The summed E-state index contributed by atoms with van der Waals surface area (Å²) in [6, 6.07) is 9.68. The van der Waals surface area contributed by atoms with Crippen LogP contribution in [0.3, 0.4) is 0 Å². The zero-order chi connectivity index (χ0) is 15.2. The fraction of sp³-hybridized carbons (Fsp3) is 0.684. The highest BCUT2D eigenvalue weighted by Crippen LogP contribution is 2.20. The number of hydrogen-bond donors (Lipinski definition) is 1. The van der Waals surface area contributed by atoms with Gasteiger partial charge in [-0.15, -0.1) is 0 Å². The summed E-state index contributed by atoms with van der Waals surface area (Å²) in [6.45, 7) is 13.9. The SMILES string of the molecule is CCN1CCCC(C(C)NCc2ccc(C(C)C)cc2)C1. The summed E-state index contributed by atoms with van der Waals surface area (Å²) in [7, 11) is 0. The molecule has 0 spiro atoms. The molecule has 0 bridgehead atoms. The van der Waals surface area contributed by atoms with Gasteiger partial charge >= 0.3 is 0 Å². The van der Waals surface area contributed by atoms with Crippen LogP contribution in [0, 0.1) is 5.92 Å². The van der Waals surface area contributed by atoms with Crippen LogP contribution in [0.4, 0.5) is 0 Å². The van der Waals surface area contributed by atoms with Crippen LogP contribution in [0.2, 0.25) is 0 Å². The van der Waals surface area contributed by atoms with Crippen LogP contribution < -0.4 is 5.32 Å². The van der Waals surface area contributed by atoms with Crippen molar-refractivity contribution in [3.05, 3.63) is 35.4 Å². The Kier molecular flexibility index (Phi) is 6.25. The maximum absolute atomic E-state index is 3.74. The van der Waals surface area contributed by atoms with Crippen LogP contribution in [0.1, 0.15) is 57.6 Å². The molecule has 2 atom stereocenters. The molecule has 2 nitrogen and oxygen atoms in total. The van der Waals surface area contributed by atoms with Crippen molar-refractivity contribution >= 4 is 0 Å². The van der Waals surface area contributed by atoms with Gasteiger partial charge in [0.2, 0.25) is 0 Å². The quantitative estimate of drug-likeness (QED) is 0.850. The van der Waals surface area contributed by atoms with Crippen molar-refractivity contribution in [1.29, 1.82) is 0 Å². The highest BCUT2D eigenvalue weighted by molar-refractivity contribution is 5.24. The van der Waals surface area contributed by atoms with Gasteiger partial charge in [-0.1, -0.05) is 45.0 Å². The van der Waals surface area contributed by atoms with Gasteiger partial charge in [-0.05, 0) is 55.8 Å². The smallest absolute Gasteiger partial charge is 0.0208 e. The molecule has 0 aromatic heterocycles. The Balaban J connectivity index is 1.81. The summed E-state index contributed by atoms with van der Waals surface area (Å²) in [6.07, 6.45) is 2.73. The predicted octanol–water partition coefficient (Wildman–Crippen LogP) is 4.02. The molecule has 2 heteroatoms. The van der Waals surface area contributed by atoms with E-state index in [0.717, 1.165) is 12.5 Å². The molecule has 0 saturated carbocycles. The lowest BCUT2D eigenvalue weighted by atomic mass is 9.91. The van der Waals surface area contributed by atoms with E-state index in [1.165, 1.54) is 43.6 Å². The number of piperidine rings is 1. The average molecular weight is 288 g/mol. The summed E-state index contributed by atoms with van der Waals surface area (Å²) in [5, 5.41) is 3.74. The van der Waals surface area contributed by atoms with Crippen molar-refractivity contribution in [2.45, 2.75) is 59.0 Å². The first-order chi connectivity index (χ1) is 10.1. The second-order valence-corrected chi connectivity index (χ2v) is 6.86. The van der Waals surface area contributed by atoms with Crippen molar-refractivity contribution in [3.8, 4) is 0 Å². The van der Waals surface area contributed by atoms with E-state index in [4.69, 9.17) is 0 Å². The van der Waals surface area contributed by atoms with Crippen molar-refractivity contribution in [2.75, 3.05) is 19.6 Å². The van der Waals surface area contributed by atoms with Crippen LogP contribution in [-0.4, -0.2) is 30.6 Å². The van der Waals surface area contributed by atoms with Gasteiger partial charge in [0.25, 0.3) is 0 Å². The molecule has 1 aliphatic heterocycles. The molecule has 2 unspecified atom stereocenters. The molecule has 1 heterocycles. The lowest BCUT2D eigenvalue weighted by Crippen LogP contribution is -2.44. The number of nitrogens with zero attached hydrogens (tertiary/aromatic N) is 1. The van der Waals surface area contributed by atoms with E-state index in [9.17, 15) is 0 Å². The number of nitrogens with one attached hydrogen (secondary N) is 1. The van der Waals surface area contributed by atoms with Gasteiger partial charge in [0.15, 0.2) is 0 Å². The van der Waals surface area contributed by atoms with Crippen LogP contribution in [0.15, 0.2) is 24.3 Å². The monoisotopic (exact) mass is 288 g/mol. The molecule has 0 amide bonds. The Hall–Kier alpha value is -0.860. The van der Waals surface area contributed by atoms with Crippen LogP contribution in [-0.2, 0) is 6.54 Å². The Morgan fingerprint density at radius 1 is 1.19 bits per heavy atom. The maximum atomic E-state index is 3.74. The number of hydrogen-bond acceptors (Lipinski definition) is 2. The summed E-state index contributed by atoms with van der Waals surface area (Å²) in [5.41, 5.74) is 2.83.